The third-order valence-electron chi connectivity index (χ3n) is 5.18. The second kappa shape index (κ2) is 8.05. The number of nitrogens with one attached hydrogen (secondary N) is 1. The molecule has 7 heteroatoms. The Morgan fingerprint density at radius 1 is 1.17 bits per heavy atom. The summed E-state index contributed by atoms with van der Waals surface area (Å²) in [6.45, 7) is 4.35. The Morgan fingerprint density at radius 3 is 2.66 bits per heavy atom. The maximum atomic E-state index is 6.43. The van der Waals surface area contributed by atoms with E-state index in [4.69, 9.17) is 28.6 Å². The third-order valence-corrected chi connectivity index (χ3v) is 5.79. The van der Waals surface area contributed by atoms with E-state index >= 15 is 0 Å². The second-order valence-electron chi connectivity index (χ2n) is 7.25. The molecule has 1 aliphatic rings. The van der Waals surface area contributed by atoms with Gasteiger partial charge in [0.2, 0.25) is 0 Å². The molecule has 1 N–H and O–H groups in total. The number of benzene rings is 1. The standard InChI is InChI=1S/C22H23ClN4OS/c1-14(2)26-12-6-8-18(26)21-20(17-7-4-5-11-24-17)25-22(29)27(21)15-9-10-19(28-3)16(23)13-15/h4-14,20-21H,1-3H3,(H,25,29)/t20-,21+/m1/s1. The number of anilines is 1. The second-order valence-corrected chi connectivity index (χ2v) is 8.04. The highest BCUT2D eigenvalue weighted by molar-refractivity contribution is 7.80. The van der Waals surface area contributed by atoms with Crippen LogP contribution in [-0.2, 0) is 0 Å². The van der Waals surface area contributed by atoms with E-state index in [9.17, 15) is 0 Å². The molecule has 0 aliphatic carbocycles. The fourth-order valence-corrected chi connectivity index (χ4v) is 4.46. The molecule has 3 heterocycles. The van der Waals surface area contributed by atoms with Crippen molar-refractivity contribution in [2.24, 2.45) is 0 Å². The van der Waals surface area contributed by atoms with Crippen LogP contribution in [0.2, 0.25) is 5.02 Å². The van der Waals surface area contributed by atoms with Gasteiger partial charge >= 0.3 is 0 Å². The molecule has 2 atom stereocenters. The molecule has 5 nitrogen and oxygen atoms in total. The fourth-order valence-electron chi connectivity index (χ4n) is 3.87. The normalized spacial score (nSPS) is 18.9. The number of thiocarbonyl (C=S) groups is 1. The van der Waals surface area contributed by atoms with Crippen molar-refractivity contribution < 1.29 is 4.74 Å². The molecule has 2 aromatic heterocycles. The Labute approximate surface area is 181 Å². The monoisotopic (exact) mass is 426 g/mol. The molecule has 0 spiro atoms. The van der Waals surface area contributed by atoms with E-state index in [1.165, 1.54) is 0 Å². The lowest BCUT2D eigenvalue weighted by molar-refractivity contribution is 0.415. The largest absolute Gasteiger partial charge is 0.495 e. The van der Waals surface area contributed by atoms with E-state index in [0.717, 1.165) is 17.1 Å². The molecule has 29 heavy (non-hydrogen) atoms. The average Bonchev–Trinajstić information content (AvgIpc) is 3.33. The van der Waals surface area contributed by atoms with E-state index in [1.807, 2.05) is 42.6 Å². The lowest BCUT2D eigenvalue weighted by Gasteiger charge is -2.30. The predicted octanol–water partition coefficient (Wildman–Crippen LogP) is 5.30. The first-order valence-electron chi connectivity index (χ1n) is 9.52. The first-order valence-corrected chi connectivity index (χ1v) is 10.3. The Morgan fingerprint density at radius 2 is 2.00 bits per heavy atom. The number of nitrogens with zero attached hydrogens (tertiary/aromatic N) is 3. The number of pyridine rings is 1. The molecule has 0 radical (unpaired) electrons. The van der Waals surface area contributed by atoms with Crippen molar-refractivity contribution in [1.29, 1.82) is 0 Å². The highest BCUT2D eigenvalue weighted by Crippen LogP contribution is 2.43. The highest BCUT2D eigenvalue weighted by atomic mass is 35.5. The van der Waals surface area contributed by atoms with Crippen molar-refractivity contribution >= 4 is 34.6 Å². The van der Waals surface area contributed by atoms with Crippen LogP contribution in [0.5, 0.6) is 5.75 Å². The molecule has 4 rings (SSSR count). The molecule has 0 unspecified atom stereocenters. The lowest BCUT2D eigenvalue weighted by atomic mass is 10.0. The van der Waals surface area contributed by atoms with Gasteiger partial charge in [-0.3, -0.25) is 4.98 Å². The summed E-state index contributed by atoms with van der Waals surface area (Å²) in [6.07, 6.45) is 3.92. The van der Waals surface area contributed by atoms with E-state index < -0.39 is 0 Å². The molecule has 1 aliphatic heterocycles. The van der Waals surface area contributed by atoms with Gasteiger partial charge in [-0.25, -0.2) is 0 Å². The first-order chi connectivity index (χ1) is 14.0. The zero-order chi connectivity index (χ0) is 20.5. The third kappa shape index (κ3) is 3.58. The number of halogens is 1. The molecule has 150 valence electrons. The van der Waals surface area contributed by atoms with Crippen LogP contribution in [0.3, 0.4) is 0 Å². The van der Waals surface area contributed by atoms with E-state index in [2.05, 4.69) is 51.9 Å². The zero-order valence-corrected chi connectivity index (χ0v) is 18.1. The van der Waals surface area contributed by atoms with Gasteiger partial charge in [-0.15, -0.1) is 0 Å². The van der Waals surface area contributed by atoms with Gasteiger partial charge in [-0.05, 0) is 68.5 Å². The molecule has 1 saturated heterocycles. The molecule has 0 bridgehead atoms. The number of methoxy groups -OCH3 is 1. The molecule has 1 aromatic carbocycles. The van der Waals surface area contributed by atoms with Crippen LogP contribution in [0.1, 0.15) is 43.4 Å². The van der Waals surface area contributed by atoms with Crippen molar-refractivity contribution in [3.05, 3.63) is 77.3 Å². The Balaban J connectivity index is 1.85. The predicted molar refractivity (Wildman–Crippen MR) is 121 cm³/mol. The van der Waals surface area contributed by atoms with Gasteiger partial charge in [0.15, 0.2) is 5.11 Å². The van der Waals surface area contributed by atoms with Gasteiger partial charge in [-0.2, -0.15) is 0 Å². The van der Waals surface area contributed by atoms with Crippen molar-refractivity contribution in [3.8, 4) is 5.75 Å². The number of hydrogen-bond donors (Lipinski definition) is 1. The minimum Gasteiger partial charge on any atom is -0.495 e. The number of aromatic nitrogens is 2. The van der Waals surface area contributed by atoms with Gasteiger partial charge in [0.05, 0.1) is 23.9 Å². The van der Waals surface area contributed by atoms with E-state index in [0.29, 0.717) is 21.9 Å². The minimum atomic E-state index is -0.0861. The minimum absolute atomic E-state index is 0.0701. The van der Waals surface area contributed by atoms with Gasteiger partial charge in [0, 0.05) is 29.8 Å². The van der Waals surface area contributed by atoms with Crippen molar-refractivity contribution in [2.45, 2.75) is 32.0 Å². The van der Waals surface area contributed by atoms with E-state index in [-0.39, 0.29) is 12.1 Å². The van der Waals surface area contributed by atoms with Crippen LogP contribution in [0.25, 0.3) is 0 Å². The molecule has 1 fully saturated rings. The first kappa shape index (κ1) is 19.7. The van der Waals surface area contributed by atoms with Crippen LogP contribution in [-0.4, -0.2) is 21.8 Å². The molecule has 0 saturated carbocycles. The zero-order valence-electron chi connectivity index (χ0n) is 16.5. The Kier molecular flexibility index (Phi) is 5.48. The highest BCUT2D eigenvalue weighted by Gasteiger charge is 2.42. The molecular formula is C22H23ClN4OS. The van der Waals surface area contributed by atoms with Crippen LogP contribution < -0.4 is 15.0 Å². The maximum Gasteiger partial charge on any atom is 0.174 e. The molecule has 0 amide bonds. The van der Waals surface area contributed by atoms with Crippen LogP contribution in [0, 0.1) is 0 Å². The van der Waals surface area contributed by atoms with E-state index in [1.54, 1.807) is 7.11 Å². The summed E-state index contributed by atoms with van der Waals surface area (Å²) in [6, 6.07) is 16.1. The summed E-state index contributed by atoms with van der Waals surface area (Å²) in [5.41, 5.74) is 3.02. The van der Waals surface area contributed by atoms with Gasteiger partial charge in [0.25, 0.3) is 0 Å². The summed E-state index contributed by atoms with van der Waals surface area (Å²) in [7, 11) is 1.61. The Hall–Kier alpha value is -2.57. The van der Waals surface area contributed by atoms with Crippen LogP contribution >= 0.6 is 23.8 Å². The quantitative estimate of drug-likeness (QED) is 0.560. The van der Waals surface area contributed by atoms with Crippen molar-refractivity contribution in [1.82, 2.24) is 14.9 Å². The fraction of sp³-hybridized carbons (Fsp3) is 0.273. The lowest BCUT2D eigenvalue weighted by Crippen LogP contribution is -2.30. The molecule has 3 aromatic rings. The van der Waals surface area contributed by atoms with Gasteiger partial charge < -0.3 is 19.5 Å². The summed E-state index contributed by atoms with van der Waals surface area (Å²) in [5.74, 6) is 0.636. The Bertz CT molecular complexity index is 1020. The van der Waals surface area contributed by atoms with Gasteiger partial charge in [-0.1, -0.05) is 17.7 Å². The number of hydrogen-bond acceptors (Lipinski definition) is 3. The maximum absolute atomic E-state index is 6.43. The molecular weight excluding hydrogens is 404 g/mol. The SMILES string of the molecule is COc1ccc(N2C(=S)N[C@H](c3ccccn3)[C@@H]2c2cccn2C(C)C)cc1Cl. The van der Waals surface area contributed by atoms with Crippen LogP contribution in [0.15, 0.2) is 60.9 Å². The average molecular weight is 427 g/mol. The van der Waals surface area contributed by atoms with Crippen molar-refractivity contribution in [2.75, 3.05) is 12.0 Å². The van der Waals surface area contributed by atoms with Crippen LogP contribution in [0.4, 0.5) is 5.69 Å². The number of rotatable bonds is 5. The van der Waals surface area contributed by atoms with Gasteiger partial charge in [0.1, 0.15) is 11.8 Å². The summed E-state index contributed by atoms with van der Waals surface area (Å²) in [5, 5.41) is 4.67. The number of ether oxygens (including phenoxy) is 1. The summed E-state index contributed by atoms with van der Waals surface area (Å²) < 4.78 is 7.59. The summed E-state index contributed by atoms with van der Waals surface area (Å²) in [4.78, 5) is 6.72. The van der Waals surface area contributed by atoms with Crippen molar-refractivity contribution in [3.63, 3.8) is 0 Å². The topological polar surface area (TPSA) is 42.3 Å². The smallest absolute Gasteiger partial charge is 0.174 e. The summed E-state index contributed by atoms with van der Waals surface area (Å²) >= 11 is 12.2.